The quantitative estimate of drug-likeness (QED) is 0.698. The van der Waals surface area contributed by atoms with Crippen molar-refractivity contribution in [2.45, 2.75) is 13.0 Å². The largest absolute Gasteiger partial charge is 0.346 e. The van der Waals surface area contributed by atoms with Gasteiger partial charge in [-0.05, 0) is 61.0 Å². The lowest BCUT2D eigenvalue weighted by Gasteiger charge is -2.14. The Kier molecular flexibility index (Phi) is 5.61. The third-order valence-corrected chi connectivity index (χ3v) is 4.16. The van der Waals surface area contributed by atoms with E-state index in [0.29, 0.717) is 16.8 Å². The van der Waals surface area contributed by atoms with Gasteiger partial charge in [0.1, 0.15) is 5.82 Å². The second-order valence-corrected chi connectivity index (χ2v) is 6.14. The van der Waals surface area contributed by atoms with E-state index in [1.807, 2.05) is 37.3 Å². The summed E-state index contributed by atoms with van der Waals surface area (Å²) >= 11 is 0. The first-order valence-corrected chi connectivity index (χ1v) is 8.56. The molecular weight excluding hydrogens is 343 g/mol. The lowest BCUT2D eigenvalue weighted by atomic mass is 10.1. The van der Waals surface area contributed by atoms with Crippen LogP contribution in [-0.4, -0.2) is 11.8 Å². The highest BCUT2D eigenvalue weighted by atomic mass is 19.1. The van der Waals surface area contributed by atoms with E-state index in [-0.39, 0.29) is 23.7 Å². The fourth-order valence-electron chi connectivity index (χ4n) is 2.61. The average molecular weight is 362 g/mol. The Morgan fingerprint density at radius 2 is 1.33 bits per heavy atom. The molecule has 0 spiro atoms. The van der Waals surface area contributed by atoms with Crippen LogP contribution in [0.15, 0.2) is 78.9 Å². The van der Waals surface area contributed by atoms with Crippen LogP contribution in [0, 0.1) is 5.82 Å². The van der Waals surface area contributed by atoms with Crippen molar-refractivity contribution in [1.82, 2.24) is 5.32 Å². The molecule has 0 heterocycles. The molecule has 0 aliphatic rings. The van der Waals surface area contributed by atoms with E-state index in [1.165, 1.54) is 24.3 Å². The Morgan fingerprint density at radius 3 is 1.93 bits per heavy atom. The summed E-state index contributed by atoms with van der Waals surface area (Å²) in [6, 6.07) is 21.4. The highest BCUT2D eigenvalue weighted by molar-refractivity contribution is 6.05. The van der Waals surface area contributed by atoms with E-state index in [1.54, 1.807) is 24.3 Å². The van der Waals surface area contributed by atoms with Crippen LogP contribution < -0.4 is 10.6 Å². The minimum absolute atomic E-state index is 0.125. The van der Waals surface area contributed by atoms with Crippen molar-refractivity contribution in [3.05, 3.63) is 101 Å². The smallest absolute Gasteiger partial charge is 0.255 e. The van der Waals surface area contributed by atoms with E-state index in [0.717, 1.165) is 5.56 Å². The molecule has 0 saturated heterocycles. The monoisotopic (exact) mass is 362 g/mol. The van der Waals surface area contributed by atoms with Gasteiger partial charge in [0, 0.05) is 16.8 Å². The molecule has 0 aliphatic carbocycles. The molecule has 0 radical (unpaired) electrons. The summed E-state index contributed by atoms with van der Waals surface area (Å²) < 4.78 is 12.9. The second-order valence-electron chi connectivity index (χ2n) is 6.14. The molecule has 136 valence electrons. The highest BCUT2D eigenvalue weighted by Gasteiger charge is 2.12. The van der Waals surface area contributed by atoms with Gasteiger partial charge in [-0.2, -0.15) is 0 Å². The predicted octanol–water partition coefficient (Wildman–Crippen LogP) is 4.57. The third-order valence-electron chi connectivity index (χ3n) is 4.16. The van der Waals surface area contributed by atoms with E-state index < -0.39 is 0 Å². The predicted molar refractivity (Wildman–Crippen MR) is 103 cm³/mol. The second kappa shape index (κ2) is 8.27. The molecular formula is C22H19FN2O2. The summed E-state index contributed by atoms with van der Waals surface area (Å²) in [6.45, 7) is 1.91. The number of amides is 2. The van der Waals surface area contributed by atoms with Crippen LogP contribution in [0.4, 0.5) is 10.1 Å². The summed E-state index contributed by atoms with van der Waals surface area (Å²) in [4.78, 5) is 24.6. The molecule has 2 amide bonds. The zero-order chi connectivity index (χ0) is 19.2. The van der Waals surface area contributed by atoms with Gasteiger partial charge in [0.05, 0.1) is 6.04 Å². The summed E-state index contributed by atoms with van der Waals surface area (Å²) in [5.41, 5.74) is 2.39. The molecule has 0 saturated carbocycles. The Morgan fingerprint density at radius 1 is 0.778 bits per heavy atom. The summed E-state index contributed by atoms with van der Waals surface area (Å²) in [6.07, 6.45) is 0. The molecule has 2 N–H and O–H groups in total. The minimum Gasteiger partial charge on any atom is -0.346 e. The van der Waals surface area contributed by atoms with E-state index in [9.17, 15) is 14.0 Å². The van der Waals surface area contributed by atoms with Gasteiger partial charge in [-0.15, -0.1) is 0 Å². The van der Waals surface area contributed by atoms with Crippen LogP contribution >= 0.6 is 0 Å². The molecule has 3 aromatic carbocycles. The van der Waals surface area contributed by atoms with Crippen molar-refractivity contribution in [2.24, 2.45) is 0 Å². The molecule has 0 aromatic heterocycles. The maximum Gasteiger partial charge on any atom is 0.255 e. The standard InChI is InChI=1S/C22H19FN2O2/c1-15(16-5-3-2-4-6-16)24-21(26)17-7-9-18(10-8-17)22(27)25-20-13-11-19(23)12-14-20/h2-15H,1H3,(H,24,26)(H,25,27). The van der Waals surface area contributed by atoms with Gasteiger partial charge in [0.2, 0.25) is 0 Å². The molecule has 1 atom stereocenters. The van der Waals surface area contributed by atoms with Gasteiger partial charge in [-0.25, -0.2) is 4.39 Å². The molecule has 1 unspecified atom stereocenters. The van der Waals surface area contributed by atoms with Crippen LogP contribution in [0.3, 0.4) is 0 Å². The molecule has 0 aliphatic heterocycles. The first kappa shape index (κ1) is 18.3. The summed E-state index contributed by atoms with van der Waals surface area (Å²) in [5.74, 6) is -0.906. The molecule has 3 rings (SSSR count). The van der Waals surface area contributed by atoms with Crippen LogP contribution in [0.1, 0.15) is 39.2 Å². The number of hydrogen-bond donors (Lipinski definition) is 2. The molecule has 5 heteroatoms. The van der Waals surface area contributed by atoms with E-state index >= 15 is 0 Å². The van der Waals surface area contributed by atoms with Crippen LogP contribution in [-0.2, 0) is 0 Å². The molecule has 0 bridgehead atoms. The summed E-state index contributed by atoms with van der Waals surface area (Å²) in [5, 5.41) is 5.61. The van der Waals surface area contributed by atoms with Crippen molar-refractivity contribution in [3.8, 4) is 0 Å². The van der Waals surface area contributed by atoms with Crippen LogP contribution in [0.25, 0.3) is 0 Å². The number of nitrogens with one attached hydrogen (secondary N) is 2. The van der Waals surface area contributed by atoms with Crippen molar-refractivity contribution in [2.75, 3.05) is 5.32 Å². The fourth-order valence-corrected chi connectivity index (χ4v) is 2.61. The number of benzene rings is 3. The van der Waals surface area contributed by atoms with E-state index in [4.69, 9.17) is 0 Å². The number of anilines is 1. The van der Waals surface area contributed by atoms with Gasteiger partial charge < -0.3 is 10.6 Å². The van der Waals surface area contributed by atoms with Gasteiger partial charge in [0.25, 0.3) is 11.8 Å². The normalized spacial score (nSPS) is 11.5. The fraction of sp³-hybridized carbons (Fsp3) is 0.0909. The van der Waals surface area contributed by atoms with Crippen LogP contribution in [0.5, 0.6) is 0 Å². The van der Waals surface area contributed by atoms with Crippen molar-refractivity contribution < 1.29 is 14.0 Å². The third kappa shape index (κ3) is 4.79. The Hall–Kier alpha value is -3.47. The van der Waals surface area contributed by atoms with Gasteiger partial charge in [-0.1, -0.05) is 30.3 Å². The van der Waals surface area contributed by atoms with Crippen molar-refractivity contribution in [3.63, 3.8) is 0 Å². The Balaban J connectivity index is 1.63. The Labute approximate surface area is 157 Å². The summed E-state index contributed by atoms with van der Waals surface area (Å²) in [7, 11) is 0. The lowest BCUT2D eigenvalue weighted by Crippen LogP contribution is -2.26. The lowest BCUT2D eigenvalue weighted by molar-refractivity contribution is 0.0938. The zero-order valence-corrected chi connectivity index (χ0v) is 14.8. The van der Waals surface area contributed by atoms with Crippen molar-refractivity contribution in [1.29, 1.82) is 0 Å². The number of rotatable bonds is 5. The molecule has 0 fully saturated rings. The minimum atomic E-state index is -0.368. The Bertz CT molecular complexity index is 923. The molecule has 27 heavy (non-hydrogen) atoms. The van der Waals surface area contributed by atoms with Crippen LogP contribution in [0.2, 0.25) is 0 Å². The number of carbonyl (C=O) groups is 2. The SMILES string of the molecule is CC(NC(=O)c1ccc(C(=O)Nc2ccc(F)cc2)cc1)c1ccccc1. The number of hydrogen-bond acceptors (Lipinski definition) is 2. The first-order valence-electron chi connectivity index (χ1n) is 8.56. The molecule has 4 nitrogen and oxygen atoms in total. The first-order chi connectivity index (χ1) is 13.0. The maximum atomic E-state index is 12.9. The molecule has 3 aromatic rings. The van der Waals surface area contributed by atoms with Gasteiger partial charge in [0.15, 0.2) is 0 Å². The highest BCUT2D eigenvalue weighted by Crippen LogP contribution is 2.14. The van der Waals surface area contributed by atoms with Gasteiger partial charge in [-0.3, -0.25) is 9.59 Å². The van der Waals surface area contributed by atoms with E-state index in [2.05, 4.69) is 10.6 Å². The van der Waals surface area contributed by atoms with Gasteiger partial charge >= 0.3 is 0 Å². The number of halogens is 1. The zero-order valence-electron chi connectivity index (χ0n) is 14.8. The topological polar surface area (TPSA) is 58.2 Å². The average Bonchev–Trinajstić information content (AvgIpc) is 2.70. The number of carbonyl (C=O) groups excluding carboxylic acids is 2. The maximum absolute atomic E-state index is 12.9. The van der Waals surface area contributed by atoms with Crippen molar-refractivity contribution >= 4 is 17.5 Å².